The molecule has 0 aromatic heterocycles. The molecule has 3 aromatic carbocycles. The third-order valence-electron chi connectivity index (χ3n) is 6.98. The number of hydrogen-bond acceptors (Lipinski definition) is 6. The maximum absolute atomic E-state index is 14.0. The van der Waals surface area contributed by atoms with Crippen molar-refractivity contribution in [1.82, 2.24) is 10.2 Å². The number of aryl methyl sites for hydroxylation is 1. The van der Waals surface area contributed by atoms with Gasteiger partial charge in [-0.05, 0) is 69.2 Å². The topological polar surface area (TPSA) is 105 Å². The van der Waals surface area contributed by atoms with E-state index in [0.29, 0.717) is 12.2 Å². The Balaban J connectivity index is 2.06. The molecule has 226 valence electrons. The van der Waals surface area contributed by atoms with Gasteiger partial charge in [0.05, 0.1) is 24.8 Å². The van der Waals surface area contributed by atoms with Crippen molar-refractivity contribution >= 4 is 27.5 Å². The molecule has 0 unspecified atom stereocenters. The van der Waals surface area contributed by atoms with E-state index in [2.05, 4.69) is 5.32 Å². The molecule has 0 spiro atoms. The van der Waals surface area contributed by atoms with E-state index in [0.717, 1.165) is 27.6 Å². The van der Waals surface area contributed by atoms with Crippen molar-refractivity contribution < 1.29 is 31.9 Å². The second-order valence-electron chi connectivity index (χ2n) is 10.0. The summed E-state index contributed by atoms with van der Waals surface area (Å²) >= 11 is 0. The summed E-state index contributed by atoms with van der Waals surface area (Å²) in [6, 6.07) is 15.3. The molecular weight excluding hydrogens is 561 g/mol. The molecule has 2 atom stereocenters. The Bertz CT molecular complexity index is 1480. The van der Waals surface area contributed by atoms with Crippen molar-refractivity contribution in [3.05, 3.63) is 83.7 Å². The minimum absolute atomic E-state index is 0.0713. The van der Waals surface area contributed by atoms with Crippen molar-refractivity contribution in [2.45, 2.75) is 57.6 Å². The van der Waals surface area contributed by atoms with Crippen molar-refractivity contribution in [1.29, 1.82) is 0 Å². The van der Waals surface area contributed by atoms with E-state index in [4.69, 9.17) is 9.47 Å². The highest BCUT2D eigenvalue weighted by atomic mass is 32.2. The van der Waals surface area contributed by atoms with Crippen molar-refractivity contribution in [3.8, 4) is 11.5 Å². The fraction of sp³-hybridized carbons (Fsp3) is 0.355. The lowest BCUT2D eigenvalue weighted by molar-refractivity contribution is -0.139. The first-order valence-electron chi connectivity index (χ1n) is 13.6. The van der Waals surface area contributed by atoms with Gasteiger partial charge < -0.3 is 19.7 Å². The maximum atomic E-state index is 14.0. The highest BCUT2D eigenvalue weighted by Crippen LogP contribution is 2.32. The van der Waals surface area contributed by atoms with Crippen molar-refractivity contribution in [2.75, 3.05) is 25.1 Å². The van der Waals surface area contributed by atoms with Gasteiger partial charge in [0.2, 0.25) is 11.8 Å². The van der Waals surface area contributed by atoms with Gasteiger partial charge in [-0.2, -0.15) is 0 Å². The zero-order valence-electron chi connectivity index (χ0n) is 24.8. The summed E-state index contributed by atoms with van der Waals surface area (Å²) in [5, 5.41) is 2.90. The smallest absolute Gasteiger partial charge is 0.264 e. The molecule has 9 nitrogen and oxygen atoms in total. The van der Waals surface area contributed by atoms with E-state index < -0.39 is 34.3 Å². The molecule has 0 aliphatic rings. The van der Waals surface area contributed by atoms with Gasteiger partial charge in [0.1, 0.15) is 18.4 Å². The van der Waals surface area contributed by atoms with Crippen LogP contribution in [-0.2, 0) is 26.2 Å². The van der Waals surface area contributed by atoms with Crippen LogP contribution in [0.25, 0.3) is 0 Å². The lowest BCUT2D eigenvalue weighted by Gasteiger charge is -2.32. The molecule has 0 aliphatic carbocycles. The SMILES string of the molecule is CC[C@H](C)NC(=O)[C@H](C)N(Cc1ccc(C)cc1)C(=O)CN(c1ccc(F)cc1)S(=O)(=O)c1ccc(OC)c(OC)c1. The molecule has 2 amide bonds. The molecule has 11 heteroatoms. The Morgan fingerprint density at radius 3 is 2.12 bits per heavy atom. The summed E-state index contributed by atoms with van der Waals surface area (Å²) in [6.07, 6.45) is 0.701. The number of nitrogens with one attached hydrogen (secondary N) is 1. The van der Waals surface area contributed by atoms with Gasteiger partial charge in [-0.25, -0.2) is 12.8 Å². The number of anilines is 1. The molecule has 0 bridgehead atoms. The standard InChI is InChI=1S/C31H38FN3O6S/c1-7-22(3)33-31(37)23(4)34(19-24-10-8-21(2)9-11-24)30(36)20-35(26-14-12-25(32)13-15-26)42(38,39)27-16-17-28(40-5)29(18-27)41-6/h8-18,22-23H,7,19-20H2,1-6H3,(H,33,37)/t22-,23-/m0/s1. The molecule has 42 heavy (non-hydrogen) atoms. The molecule has 0 saturated carbocycles. The number of carbonyl (C=O) groups is 2. The number of ether oxygens (including phenoxy) is 2. The van der Waals surface area contributed by atoms with Crippen LogP contribution >= 0.6 is 0 Å². The van der Waals surface area contributed by atoms with Crippen LogP contribution in [0.5, 0.6) is 11.5 Å². The largest absolute Gasteiger partial charge is 0.493 e. The number of sulfonamides is 1. The van der Waals surface area contributed by atoms with Crippen LogP contribution in [0.15, 0.2) is 71.6 Å². The Hall–Kier alpha value is -4.12. The van der Waals surface area contributed by atoms with E-state index in [-0.39, 0.29) is 34.8 Å². The maximum Gasteiger partial charge on any atom is 0.264 e. The summed E-state index contributed by atoms with van der Waals surface area (Å²) in [5.41, 5.74) is 1.88. The lowest BCUT2D eigenvalue weighted by Crippen LogP contribution is -2.52. The predicted molar refractivity (Wildman–Crippen MR) is 160 cm³/mol. The second kappa shape index (κ2) is 14.2. The number of hydrogen-bond donors (Lipinski definition) is 1. The average Bonchev–Trinajstić information content (AvgIpc) is 2.98. The van der Waals surface area contributed by atoms with Gasteiger partial charge in [-0.1, -0.05) is 36.8 Å². The van der Waals surface area contributed by atoms with E-state index in [1.54, 1.807) is 6.92 Å². The molecular formula is C31H38FN3O6S. The Morgan fingerprint density at radius 1 is 0.929 bits per heavy atom. The minimum Gasteiger partial charge on any atom is -0.493 e. The minimum atomic E-state index is -4.37. The summed E-state index contributed by atoms with van der Waals surface area (Å²) in [4.78, 5) is 28.3. The van der Waals surface area contributed by atoms with Crippen molar-refractivity contribution in [2.24, 2.45) is 0 Å². The molecule has 0 radical (unpaired) electrons. The van der Waals surface area contributed by atoms with Crippen molar-refractivity contribution in [3.63, 3.8) is 0 Å². The fourth-order valence-corrected chi connectivity index (χ4v) is 5.61. The molecule has 0 aliphatic heterocycles. The summed E-state index contributed by atoms with van der Waals surface area (Å²) in [6.45, 7) is 6.77. The monoisotopic (exact) mass is 599 g/mol. The zero-order valence-corrected chi connectivity index (χ0v) is 25.6. The number of nitrogens with zero attached hydrogens (tertiary/aromatic N) is 2. The van der Waals surface area contributed by atoms with Crippen LogP contribution in [0, 0.1) is 12.7 Å². The highest BCUT2D eigenvalue weighted by molar-refractivity contribution is 7.92. The number of carbonyl (C=O) groups excluding carboxylic acids is 2. The average molecular weight is 600 g/mol. The van der Waals surface area contributed by atoms with Gasteiger partial charge in [-0.3, -0.25) is 13.9 Å². The summed E-state index contributed by atoms with van der Waals surface area (Å²) < 4.78 is 53.3. The predicted octanol–water partition coefficient (Wildman–Crippen LogP) is 4.68. The quantitative estimate of drug-likeness (QED) is 0.306. The molecule has 3 rings (SSSR count). The van der Waals surface area contributed by atoms with Gasteiger partial charge >= 0.3 is 0 Å². The molecule has 0 heterocycles. The number of amides is 2. The second-order valence-corrected chi connectivity index (χ2v) is 11.9. The first kappa shape index (κ1) is 32.4. The van der Waals surface area contributed by atoms with E-state index >= 15 is 0 Å². The van der Waals surface area contributed by atoms with Crippen LogP contribution in [0.4, 0.5) is 10.1 Å². The van der Waals surface area contributed by atoms with Crippen LogP contribution < -0.4 is 19.1 Å². The van der Waals surface area contributed by atoms with Crippen LogP contribution in [0.2, 0.25) is 0 Å². The van der Waals surface area contributed by atoms with E-state index in [1.165, 1.54) is 49.5 Å². The number of benzene rings is 3. The Labute approximate surface area is 247 Å². The first-order chi connectivity index (χ1) is 19.9. The van der Waals surface area contributed by atoms with Crippen LogP contribution in [0.1, 0.15) is 38.3 Å². The Kier molecular flexibility index (Phi) is 10.9. The summed E-state index contributed by atoms with van der Waals surface area (Å²) in [7, 11) is -1.57. The highest BCUT2D eigenvalue weighted by Gasteiger charge is 2.33. The summed E-state index contributed by atoms with van der Waals surface area (Å²) in [5.74, 6) is -1.03. The fourth-order valence-electron chi connectivity index (χ4n) is 4.18. The zero-order chi connectivity index (χ0) is 31.0. The molecule has 3 aromatic rings. The molecule has 0 fully saturated rings. The van der Waals surface area contributed by atoms with E-state index in [1.807, 2.05) is 45.0 Å². The first-order valence-corrected chi connectivity index (χ1v) is 15.0. The normalized spacial score (nSPS) is 12.6. The Morgan fingerprint density at radius 2 is 1.55 bits per heavy atom. The number of rotatable bonds is 13. The third kappa shape index (κ3) is 7.79. The van der Waals surface area contributed by atoms with Crippen LogP contribution in [-0.4, -0.2) is 58.0 Å². The van der Waals surface area contributed by atoms with Gasteiger partial charge in [-0.15, -0.1) is 0 Å². The van der Waals surface area contributed by atoms with Gasteiger partial charge in [0.25, 0.3) is 10.0 Å². The lowest BCUT2D eigenvalue weighted by atomic mass is 10.1. The van der Waals surface area contributed by atoms with Gasteiger partial charge in [0, 0.05) is 18.7 Å². The molecule has 0 saturated heterocycles. The number of halogens is 1. The number of methoxy groups -OCH3 is 2. The molecule has 1 N–H and O–H groups in total. The van der Waals surface area contributed by atoms with Gasteiger partial charge in [0.15, 0.2) is 11.5 Å². The van der Waals surface area contributed by atoms with E-state index in [9.17, 15) is 22.4 Å². The third-order valence-corrected chi connectivity index (χ3v) is 8.75. The van der Waals surface area contributed by atoms with Crippen LogP contribution in [0.3, 0.4) is 0 Å².